The second kappa shape index (κ2) is 10.0. The summed E-state index contributed by atoms with van der Waals surface area (Å²) in [4.78, 5) is 13.9. The lowest BCUT2D eigenvalue weighted by Crippen LogP contribution is -2.14. The molecule has 0 spiro atoms. The Morgan fingerprint density at radius 1 is 1.07 bits per heavy atom. The average molecular weight is 483 g/mol. The highest BCUT2D eigenvalue weighted by atomic mass is 79.9. The lowest BCUT2D eigenvalue weighted by molar-refractivity contribution is -0.115. The summed E-state index contributed by atoms with van der Waals surface area (Å²) in [6, 6.07) is 16.2. The number of thioether (sulfide) groups is 1. The van der Waals surface area contributed by atoms with Gasteiger partial charge in [0.05, 0.1) is 6.42 Å². The van der Waals surface area contributed by atoms with Crippen molar-refractivity contribution >= 4 is 56.3 Å². The van der Waals surface area contributed by atoms with Crippen molar-refractivity contribution in [1.29, 1.82) is 0 Å². The summed E-state index contributed by atoms with van der Waals surface area (Å²) in [5.74, 6) is -2.61. The molecule has 0 fully saturated rings. The fourth-order valence-electron chi connectivity index (χ4n) is 2.49. The van der Waals surface area contributed by atoms with Gasteiger partial charge >= 0.3 is 0 Å². The molecule has 0 radical (unpaired) electrons. The second-order valence-corrected chi connectivity index (χ2v) is 8.88. The van der Waals surface area contributed by atoms with E-state index in [0.717, 1.165) is 22.3 Å². The molecule has 0 aliphatic heterocycles. The van der Waals surface area contributed by atoms with Crippen molar-refractivity contribution in [3.05, 3.63) is 74.9 Å². The van der Waals surface area contributed by atoms with Crippen molar-refractivity contribution < 1.29 is 13.6 Å². The van der Waals surface area contributed by atoms with Crippen molar-refractivity contribution in [1.82, 2.24) is 0 Å². The Labute approximate surface area is 178 Å². The van der Waals surface area contributed by atoms with Crippen molar-refractivity contribution in [3.8, 4) is 0 Å². The Hall–Kier alpha value is -1.90. The SMILES string of the molecule is O=C(Cc1ccc(NCc2cc(Br)cs2)cc1)Nc1ccc(SC(F)F)cc1. The zero-order chi connectivity index (χ0) is 19.9. The first-order chi connectivity index (χ1) is 13.5. The van der Waals surface area contributed by atoms with E-state index in [0.29, 0.717) is 22.3 Å². The van der Waals surface area contributed by atoms with Crippen LogP contribution in [0, 0.1) is 0 Å². The number of rotatable bonds is 8. The first-order valence-corrected chi connectivity index (χ1v) is 10.9. The number of carbonyl (C=O) groups excluding carboxylic acids is 1. The summed E-state index contributed by atoms with van der Waals surface area (Å²) in [5, 5.41) is 8.17. The summed E-state index contributed by atoms with van der Waals surface area (Å²) in [7, 11) is 0. The molecular formula is C20H17BrF2N2OS2. The molecule has 0 saturated heterocycles. The minimum atomic E-state index is -2.45. The van der Waals surface area contributed by atoms with Crippen LogP contribution in [0.2, 0.25) is 0 Å². The summed E-state index contributed by atoms with van der Waals surface area (Å²) in [5.41, 5.74) is 2.47. The summed E-state index contributed by atoms with van der Waals surface area (Å²) < 4.78 is 25.7. The number of alkyl halides is 2. The smallest absolute Gasteiger partial charge is 0.288 e. The minimum Gasteiger partial charge on any atom is -0.380 e. The van der Waals surface area contributed by atoms with Gasteiger partial charge in [0.25, 0.3) is 5.76 Å². The molecule has 0 aliphatic carbocycles. The van der Waals surface area contributed by atoms with Crippen molar-refractivity contribution in [2.45, 2.75) is 23.6 Å². The molecule has 0 bridgehead atoms. The number of hydrogen-bond acceptors (Lipinski definition) is 4. The van der Waals surface area contributed by atoms with Crippen LogP contribution < -0.4 is 10.6 Å². The fourth-order valence-corrected chi connectivity index (χ4v) is 4.38. The molecule has 1 aromatic heterocycles. The number of amides is 1. The maximum Gasteiger partial charge on any atom is 0.288 e. The molecule has 3 aromatic rings. The Kier molecular flexibility index (Phi) is 7.47. The van der Waals surface area contributed by atoms with Crippen molar-refractivity contribution in [3.63, 3.8) is 0 Å². The molecule has 1 heterocycles. The third-order valence-electron chi connectivity index (χ3n) is 3.77. The van der Waals surface area contributed by atoms with Gasteiger partial charge in [-0.05, 0) is 64.0 Å². The Bertz CT molecular complexity index is 915. The highest BCUT2D eigenvalue weighted by molar-refractivity contribution is 9.10. The van der Waals surface area contributed by atoms with E-state index in [-0.39, 0.29) is 12.3 Å². The highest BCUT2D eigenvalue weighted by Gasteiger charge is 2.07. The van der Waals surface area contributed by atoms with Crippen LogP contribution in [-0.4, -0.2) is 11.7 Å². The molecule has 146 valence electrons. The summed E-state index contributed by atoms with van der Waals surface area (Å²) in [6.45, 7) is 0.746. The molecule has 3 nitrogen and oxygen atoms in total. The number of carbonyl (C=O) groups is 1. The van der Waals surface area contributed by atoms with Crippen LogP contribution in [0.5, 0.6) is 0 Å². The summed E-state index contributed by atoms with van der Waals surface area (Å²) >= 11 is 5.60. The highest BCUT2D eigenvalue weighted by Crippen LogP contribution is 2.26. The maximum absolute atomic E-state index is 12.3. The predicted molar refractivity (Wildman–Crippen MR) is 116 cm³/mol. The topological polar surface area (TPSA) is 41.1 Å². The maximum atomic E-state index is 12.3. The van der Waals surface area contributed by atoms with Crippen LogP contribution in [-0.2, 0) is 17.8 Å². The quantitative estimate of drug-likeness (QED) is 0.354. The van der Waals surface area contributed by atoms with Gasteiger partial charge in [0.2, 0.25) is 5.91 Å². The van der Waals surface area contributed by atoms with E-state index in [1.165, 1.54) is 4.88 Å². The standard InChI is InChI=1S/C20H17BrF2N2OS2/c21-14-10-18(27-12-14)11-24-15-3-1-13(2-4-15)9-19(26)25-16-5-7-17(8-6-16)28-20(22)23/h1-8,10,12,20,24H,9,11H2,(H,25,26). The molecular weight excluding hydrogens is 466 g/mol. The van der Waals surface area contributed by atoms with Gasteiger partial charge in [-0.15, -0.1) is 11.3 Å². The van der Waals surface area contributed by atoms with E-state index < -0.39 is 5.76 Å². The van der Waals surface area contributed by atoms with Crippen LogP contribution in [0.1, 0.15) is 10.4 Å². The molecule has 0 saturated carbocycles. The van der Waals surface area contributed by atoms with Crippen LogP contribution in [0.15, 0.2) is 69.3 Å². The second-order valence-electron chi connectivity index (χ2n) is 5.91. The van der Waals surface area contributed by atoms with Gasteiger partial charge < -0.3 is 10.6 Å². The van der Waals surface area contributed by atoms with E-state index >= 15 is 0 Å². The normalized spacial score (nSPS) is 10.9. The zero-order valence-electron chi connectivity index (χ0n) is 14.6. The lowest BCUT2D eigenvalue weighted by Gasteiger charge is -2.08. The minimum absolute atomic E-state index is 0.154. The number of benzene rings is 2. The van der Waals surface area contributed by atoms with Crippen LogP contribution in [0.4, 0.5) is 20.2 Å². The first kappa shape index (κ1) is 20.8. The average Bonchev–Trinajstić information content (AvgIpc) is 3.08. The zero-order valence-corrected chi connectivity index (χ0v) is 17.8. The van der Waals surface area contributed by atoms with E-state index in [2.05, 4.69) is 32.6 Å². The molecule has 0 atom stereocenters. The first-order valence-electron chi connectivity index (χ1n) is 8.38. The number of nitrogens with one attached hydrogen (secondary N) is 2. The Morgan fingerprint density at radius 3 is 2.36 bits per heavy atom. The van der Waals surface area contributed by atoms with Crippen LogP contribution >= 0.6 is 39.0 Å². The van der Waals surface area contributed by atoms with E-state index in [9.17, 15) is 13.6 Å². The molecule has 3 rings (SSSR count). The Balaban J connectivity index is 1.48. The third kappa shape index (κ3) is 6.61. The fraction of sp³-hybridized carbons (Fsp3) is 0.150. The van der Waals surface area contributed by atoms with Gasteiger partial charge in [0.1, 0.15) is 0 Å². The molecule has 2 aromatic carbocycles. The van der Waals surface area contributed by atoms with Crippen LogP contribution in [0.25, 0.3) is 0 Å². The van der Waals surface area contributed by atoms with E-state index in [1.807, 2.05) is 29.6 Å². The van der Waals surface area contributed by atoms with Crippen molar-refractivity contribution in [2.24, 2.45) is 0 Å². The van der Waals surface area contributed by atoms with Crippen LogP contribution in [0.3, 0.4) is 0 Å². The van der Waals surface area contributed by atoms with E-state index in [4.69, 9.17) is 0 Å². The van der Waals surface area contributed by atoms with Gasteiger partial charge in [-0.2, -0.15) is 8.78 Å². The van der Waals surface area contributed by atoms with Gasteiger partial charge in [-0.3, -0.25) is 4.79 Å². The lowest BCUT2D eigenvalue weighted by atomic mass is 10.1. The third-order valence-corrected chi connectivity index (χ3v) is 6.19. The van der Waals surface area contributed by atoms with Crippen molar-refractivity contribution in [2.75, 3.05) is 10.6 Å². The molecule has 2 N–H and O–H groups in total. The van der Waals surface area contributed by atoms with Gasteiger partial charge in [0.15, 0.2) is 0 Å². The number of anilines is 2. The van der Waals surface area contributed by atoms with E-state index in [1.54, 1.807) is 35.6 Å². The van der Waals surface area contributed by atoms with Gasteiger partial charge in [-0.25, -0.2) is 0 Å². The Morgan fingerprint density at radius 2 is 1.75 bits per heavy atom. The molecule has 28 heavy (non-hydrogen) atoms. The number of hydrogen-bond donors (Lipinski definition) is 2. The monoisotopic (exact) mass is 482 g/mol. The molecule has 8 heteroatoms. The van der Waals surface area contributed by atoms with Gasteiger partial charge in [-0.1, -0.05) is 23.9 Å². The molecule has 0 aliphatic rings. The molecule has 0 unspecified atom stereocenters. The predicted octanol–water partition coefficient (Wildman–Crippen LogP) is 6.62. The number of thiophene rings is 1. The largest absolute Gasteiger partial charge is 0.380 e. The molecule has 1 amide bonds. The summed E-state index contributed by atoms with van der Waals surface area (Å²) in [6.07, 6.45) is 0.242. The number of halogens is 3. The van der Waals surface area contributed by atoms with Gasteiger partial charge in [0, 0.05) is 37.5 Å².